The lowest BCUT2D eigenvalue weighted by molar-refractivity contribution is 0.0971. The molecule has 0 spiro atoms. The summed E-state index contributed by atoms with van der Waals surface area (Å²) in [4.78, 5) is 26.5. The molecule has 0 saturated heterocycles. The number of aryl methyl sites for hydroxylation is 1. The topological polar surface area (TPSA) is 107 Å². The number of primary amides is 1. The highest BCUT2D eigenvalue weighted by molar-refractivity contribution is 6.01. The predicted octanol–water partition coefficient (Wildman–Crippen LogP) is 3.74. The van der Waals surface area contributed by atoms with Crippen molar-refractivity contribution in [2.24, 2.45) is 12.8 Å². The molecule has 7 nitrogen and oxygen atoms in total. The van der Waals surface area contributed by atoms with Gasteiger partial charge in [-0.15, -0.1) is 0 Å². The Hall–Kier alpha value is -3.58. The summed E-state index contributed by atoms with van der Waals surface area (Å²) in [6.07, 6.45) is 8.92. The summed E-state index contributed by atoms with van der Waals surface area (Å²) < 4.78 is 1.92. The number of aliphatic hydroxyl groups excluding tert-OH is 1. The molecule has 0 aliphatic heterocycles. The zero-order valence-corrected chi connectivity index (χ0v) is 18.6. The molecule has 5 rings (SSSR count). The number of imidazole rings is 1. The van der Waals surface area contributed by atoms with Crippen LogP contribution in [0.25, 0.3) is 22.4 Å². The van der Waals surface area contributed by atoms with E-state index in [1.54, 1.807) is 6.20 Å². The van der Waals surface area contributed by atoms with Crippen molar-refractivity contribution in [1.82, 2.24) is 19.5 Å². The third kappa shape index (κ3) is 4.00. The lowest BCUT2D eigenvalue weighted by atomic mass is 9.80. The van der Waals surface area contributed by atoms with E-state index in [2.05, 4.69) is 9.97 Å². The number of pyridine rings is 2. The van der Waals surface area contributed by atoms with E-state index in [-0.39, 0.29) is 5.92 Å². The largest absolute Gasteiger partial charge is 0.392 e. The van der Waals surface area contributed by atoms with Crippen LogP contribution >= 0.6 is 0 Å². The zero-order chi connectivity index (χ0) is 22.9. The molecule has 1 saturated carbocycles. The van der Waals surface area contributed by atoms with Crippen LogP contribution in [0.2, 0.25) is 0 Å². The summed E-state index contributed by atoms with van der Waals surface area (Å²) in [5.41, 5.74) is 10.4. The summed E-state index contributed by atoms with van der Waals surface area (Å²) in [6, 6.07) is 11.7. The minimum atomic E-state index is -0.517. The molecule has 1 aliphatic rings. The van der Waals surface area contributed by atoms with Crippen LogP contribution in [0.4, 0.5) is 0 Å². The number of para-hydroxylation sites is 1. The summed E-state index contributed by atoms with van der Waals surface area (Å²) in [6.45, 7) is 0. The molecular weight excluding hydrogens is 414 g/mol. The van der Waals surface area contributed by atoms with Crippen LogP contribution in [0, 0.1) is 0 Å². The SMILES string of the molecule is Cn1ccnc1-c1ccc(Cc2c(C(N)=O)c(C3CCCCC3O)nc3ccccc23)cn1. The molecule has 0 radical (unpaired) electrons. The van der Waals surface area contributed by atoms with E-state index in [9.17, 15) is 9.90 Å². The van der Waals surface area contributed by atoms with Gasteiger partial charge in [-0.05, 0) is 36.1 Å². The van der Waals surface area contributed by atoms with E-state index in [1.165, 1.54) is 0 Å². The lowest BCUT2D eigenvalue weighted by Gasteiger charge is -2.29. The molecule has 3 aromatic heterocycles. The number of aliphatic hydroxyl groups is 1. The number of benzene rings is 1. The van der Waals surface area contributed by atoms with Crippen LogP contribution in [0.15, 0.2) is 55.0 Å². The average molecular weight is 442 g/mol. The second kappa shape index (κ2) is 8.75. The van der Waals surface area contributed by atoms with Crippen LogP contribution in [-0.4, -0.2) is 36.6 Å². The van der Waals surface area contributed by atoms with Crippen LogP contribution in [0.1, 0.15) is 58.8 Å². The van der Waals surface area contributed by atoms with Gasteiger partial charge in [-0.2, -0.15) is 0 Å². The molecule has 1 aliphatic carbocycles. The maximum absolute atomic E-state index is 12.7. The quantitative estimate of drug-likeness (QED) is 0.491. The van der Waals surface area contributed by atoms with Gasteiger partial charge in [-0.3, -0.25) is 14.8 Å². The number of hydrogen-bond acceptors (Lipinski definition) is 5. The molecular formula is C26H27N5O2. The van der Waals surface area contributed by atoms with Crippen molar-refractivity contribution >= 4 is 16.8 Å². The first-order valence-corrected chi connectivity index (χ1v) is 11.3. The molecule has 1 amide bonds. The summed E-state index contributed by atoms with van der Waals surface area (Å²) in [5.74, 6) is 0.101. The van der Waals surface area contributed by atoms with Gasteiger partial charge in [0.15, 0.2) is 5.82 Å². The van der Waals surface area contributed by atoms with E-state index >= 15 is 0 Å². The minimum Gasteiger partial charge on any atom is -0.392 e. The Morgan fingerprint density at radius 1 is 1.15 bits per heavy atom. The number of rotatable bonds is 5. The number of hydrogen-bond donors (Lipinski definition) is 2. The molecule has 2 atom stereocenters. The van der Waals surface area contributed by atoms with Gasteiger partial charge < -0.3 is 15.4 Å². The molecule has 3 heterocycles. The van der Waals surface area contributed by atoms with Crippen molar-refractivity contribution < 1.29 is 9.90 Å². The number of aromatic nitrogens is 4. The van der Waals surface area contributed by atoms with Crippen molar-refractivity contribution in [3.8, 4) is 11.5 Å². The molecule has 1 aromatic carbocycles. The lowest BCUT2D eigenvalue weighted by Crippen LogP contribution is -2.28. The van der Waals surface area contributed by atoms with Crippen molar-refractivity contribution in [2.75, 3.05) is 0 Å². The third-order valence-corrected chi connectivity index (χ3v) is 6.61. The van der Waals surface area contributed by atoms with Crippen LogP contribution < -0.4 is 5.73 Å². The Bertz CT molecular complexity index is 1310. The molecule has 7 heteroatoms. The highest BCUT2D eigenvalue weighted by atomic mass is 16.3. The van der Waals surface area contributed by atoms with E-state index in [0.29, 0.717) is 24.1 Å². The molecule has 4 aromatic rings. The molecule has 168 valence electrons. The maximum Gasteiger partial charge on any atom is 0.250 e. The van der Waals surface area contributed by atoms with Crippen molar-refractivity contribution in [3.05, 3.63) is 77.4 Å². The Balaban J connectivity index is 1.61. The Kier molecular flexibility index (Phi) is 5.64. The third-order valence-electron chi connectivity index (χ3n) is 6.61. The maximum atomic E-state index is 12.7. The van der Waals surface area contributed by atoms with Crippen molar-refractivity contribution in [2.45, 2.75) is 44.1 Å². The first-order chi connectivity index (χ1) is 16.0. The fraction of sp³-hybridized carbons (Fsp3) is 0.308. The van der Waals surface area contributed by atoms with Crippen LogP contribution in [0.3, 0.4) is 0 Å². The van der Waals surface area contributed by atoms with E-state index < -0.39 is 12.0 Å². The number of carbonyl (C=O) groups is 1. The summed E-state index contributed by atoms with van der Waals surface area (Å²) in [5, 5.41) is 11.6. The Morgan fingerprint density at radius 2 is 1.97 bits per heavy atom. The highest BCUT2D eigenvalue weighted by Gasteiger charge is 2.31. The number of nitrogens with two attached hydrogens (primary N) is 1. The van der Waals surface area contributed by atoms with Gasteiger partial charge >= 0.3 is 0 Å². The van der Waals surface area contributed by atoms with Gasteiger partial charge in [0.25, 0.3) is 5.91 Å². The summed E-state index contributed by atoms with van der Waals surface area (Å²) in [7, 11) is 1.93. The minimum absolute atomic E-state index is 0.187. The average Bonchev–Trinajstić information content (AvgIpc) is 3.25. The van der Waals surface area contributed by atoms with Gasteiger partial charge in [-0.1, -0.05) is 37.1 Å². The highest BCUT2D eigenvalue weighted by Crippen LogP contribution is 2.37. The van der Waals surface area contributed by atoms with Crippen LogP contribution in [-0.2, 0) is 13.5 Å². The Labute approximate surface area is 192 Å². The van der Waals surface area contributed by atoms with Gasteiger partial charge in [0.1, 0.15) is 5.69 Å². The smallest absolute Gasteiger partial charge is 0.250 e. The number of nitrogens with zero attached hydrogens (tertiary/aromatic N) is 4. The van der Waals surface area contributed by atoms with E-state index in [1.807, 2.05) is 60.4 Å². The van der Waals surface area contributed by atoms with Crippen molar-refractivity contribution in [3.63, 3.8) is 0 Å². The monoisotopic (exact) mass is 441 g/mol. The number of amides is 1. The van der Waals surface area contributed by atoms with Crippen molar-refractivity contribution in [1.29, 1.82) is 0 Å². The normalized spacial score (nSPS) is 18.5. The predicted molar refractivity (Wildman–Crippen MR) is 127 cm³/mol. The standard InChI is InChI=1S/C26H27N5O2/c1-31-13-12-28-26(31)21-11-10-16(15-29-21)14-19-17-6-2-4-8-20(17)30-24(23(19)25(27)33)18-7-3-5-9-22(18)32/h2,4,6,8,10-13,15,18,22,32H,3,5,7,9,14H2,1H3,(H2,27,33). The van der Waals surface area contributed by atoms with Crippen LogP contribution in [0.5, 0.6) is 0 Å². The zero-order valence-electron chi connectivity index (χ0n) is 18.6. The van der Waals surface area contributed by atoms with Gasteiger partial charge in [-0.25, -0.2) is 4.98 Å². The fourth-order valence-electron chi connectivity index (χ4n) is 4.94. The second-order valence-electron chi connectivity index (χ2n) is 8.78. The van der Waals surface area contributed by atoms with E-state index in [0.717, 1.165) is 52.8 Å². The molecule has 0 bridgehead atoms. The van der Waals surface area contributed by atoms with E-state index in [4.69, 9.17) is 10.7 Å². The number of fused-ring (bicyclic) bond motifs is 1. The first-order valence-electron chi connectivity index (χ1n) is 11.3. The molecule has 33 heavy (non-hydrogen) atoms. The number of carbonyl (C=O) groups excluding carboxylic acids is 1. The Morgan fingerprint density at radius 3 is 2.67 bits per heavy atom. The molecule has 1 fully saturated rings. The molecule has 3 N–H and O–H groups in total. The summed E-state index contributed by atoms with van der Waals surface area (Å²) >= 11 is 0. The van der Waals surface area contributed by atoms with Gasteiger partial charge in [0, 0.05) is 43.4 Å². The van der Waals surface area contributed by atoms with Gasteiger partial charge in [0.2, 0.25) is 0 Å². The molecule has 2 unspecified atom stereocenters. The first kappa shape index (κ1) is 21.3. The fourth-order valence-corrected chi connectivity index (χ4v) is 4.94. The van der Waals surface area contributed by atoms with Gasteiger partial charge in [0.05, 0.1) is 22.9 Å². The second-order valence-corrected chi connectivity index (χ2v) is 8.78.